The van der Waals surface area contributed by atoms with Gasteiger partial charge in [0.1, 0.15) is 6.04 Å². The van der Waals surface area contributed by atoms with Crippen molar-refractivity contribution in [1.82, 2.24) is 20.4 Å². The summed E-state index contributed by atoms with van der Waals surface area (Å²) in [4.78, 5) is 19.4. The van der Waals surface area contributed by atoms with Crippen molar-refractivity contribution in [2.24, 2.45) is 0 Å². The van der Waals surface area contributed by atoms with Crippen molar-refractivity contribution < 1.29 is 9.32 Å². The van der Waals surface area contributed by atoms with E-state index < -0.39 is 0 Å². The van der Waals surface area contributed by atoms with Crippen LogP contribution in [0.25, 0.3) is 11.4 Å². The normalized spacial score (nSPS) is 21.2. The Labute approximate surface area is 160 Å². The Morgan fingerprint density at radius 3 is 2.59 bits per heavy atom. The second-order valence-corrected chi connectivity index (χ2v) is 7.81. The fourth-order valence-corrected chi connectivity index (χ4v) is 4.13. The van der Waals surface area contributed by atoms with E-state index in [1.54, 1.807) is 0 Å². The monoisotopic (exact) mass is 368 g/mol. The SMILES string of the molecule is Cc1ccc(-c2noc(C3CCCCN3C(=O)NC3CCCCC3)n2)cc1. The Morgan fingerprint density at radius 2 is 1.81 bits per heavy atom. The molecule has 2 aromatic rings. The maximum absolute atomic E-state index is 12.9. The van der Waals surface area contributed by atoms with Crippen molar-refractivity contribution in [3.63, 3.8) is 0 Å². The molecule has 0 spiro atoms. The number of piperidine rings is 1. The molecule has 2 amide bonds. The zero-order chi connectivity index (χ0) is 18.6. The van der Waals surface area contributed by atoms with E-state index in [2.05, 4.69) is 22.4 Å². The number of likely N-dealkylation sites (tertiary alicyclic amines) is 1. The van der Waals surface area contributed by atoms with Crippen LogP contribution in [0.1, 0.15) is 68.9 Å². The van der Waals surface area contributed by atoms with Gasteiger partial charge in [0.25, 0.3) is 0 Å². The average Bonchev–Trinajstić information content (AvgIpc) is 3.19. The summed E-state index contributed by atoms with van der Waals surface area (Å²) in [6.45, 7) is 2.79. The Bertz CT molecular complexity index is 765. The summed E-state index contributed by atoms with van der Waals surface area (Å²) in [5, 5.41) is 7.39. The molecular formula is C21H28N4O2. The van der Waals surface area contributed by atoms with Crippen molar-refractivity contribution in [3.05, 3.63) is 35.7 Å². The van der Waals surface area contributed by atoms with E-state index in [4.69, 9.17) is 4.52 Å². The van der Waals surface area contributed by atoms with Crippen molar-refractivity contribution in [2.45, 2.75) is 70.4 Å². The van der Waals surface area contributed by atoms with Gasteiger partial charge in [-0.2, -0.15) is 4.98 Å². The van der Waals surface area contributed by atoms with E-state index in [0.717, 1.165) is 44.2 Å². The molecule has 1 aromatic carbocycles. The Balaban J connectivity index is 1.48. The molecule has 1 saturated heterocycles. The maximum atomic E-state index is 12.9. The lowest BCUT2D eigenvalue weighted by molar-refractivity contribution is 0.127. The van der Waals surface area contributed by atoms with Gasteiger partial charge < -0.3 is 14.7 Å². The maximum Gasteiger partial charge on any atom is 0.318 e. The molecule has 2 heterocycles. The second kappa shape index (κ2) is 8.11. The zero-order valence-electron chi connectivity index (χ0n) is 16.0. The number of hydrogen-bond donors (Lipinski definition) is 1. The lowest BCUT2D eigenvalue weighted by atomic mass is 9.95. The van der Waals surface area contributed by atoms with E-state index in [0.29, 0.717) is 17.8 Å². The van der Waals surface area contributed by atoms with Gasteiger partial charge in [-0.25, -0.2) is 4.79 Å². The van der Waals surface area contributed by atoms with Gasteiger partial charge in [0.2, 0.25) is 11.7 Å². The van der Waals surface area contributed by atoms with E-state index in [9.17, 15) is 4.79 Å². The molecule has 1 aliphatic carbocycles. The Hall–Kier alpha value is -2.37. The number of aryl methyl sites for hydroxylation is 1. The zero-order valence-corrected chi connectivity index (χ0v) is 16.0. The number of nitrogens with one attached hydrogen (secondary N) is 1. The van der Waals surface area contributed by atoms with Gasteiger partial charge in [-0.05, 0) is 39.0 Å². The molecule has 1 saturated carbocycles. The molecule has 1 N–H and O–H groups in total. The number of hydrogen-bond acceptors (Lipinski definition) is 4. The quantitative estimate of drug-likeness (QED) is 0.858. The first kappa shape index (κ1) is 18.0. The van der Waals surface area contributed by atoms with Crippen molar-refractivity contribution >= 4 is 6.03 Å². The molecule has 6 nitrogen and oxygen atoms in total. The summed E-state index contributed by atoms with van der Waals surface area (Å²) in [5.74, 6) is 1.13. The number of amides is 2. The first-order valence-corrected chi connectivity index (χ1v) is 10.2. The predicted molar refractivity (Wildman–Crippen MR) is 103 cm³/mol. The summed E-state index contributed by atoms with van der Waals surface area (Å²) in [6, 6.07) is 8.26. The minimum Gasteiger partial charge on any atom is -0.337 e. The van der Waals surface area contributed by atoms with Gasteiger partial charge in [0.05, 0.1) is 0 Å². The molecule has 4 rings (SSSR count). The van der Waals surface area contributed by atoms with Crippen molar-refractivity contribution in [2.75, 3.05) is 6.54 Å². The van der Waals surface area contributed by atoms with E-state index in [1.807, 2.05) is 29.2 Å². The van der Waals surface area contributed by atoms with Crippen LogP contribution in [-0.2, 0) is 0 Å². The number of rotatable bonds is 3. The minimum absolute atomic E-state index is 0.0154. The topological polar surface area (TPSA) is 71.3 Å². The van der Waals surface area contributed by atoms with E-state index >= 15 is 0 Å². The van der Waals surface area contributed by atoms with Crippen LogP contribution in [0.4, 0.5) is 4.79 Å². The van der Waals surface area contributed by atoms with Crippen LogP contribution in [0.3, 0.4) is 0 Å². The van der Waals surface area contributed by atoms with Gasteiger partial charge in [-0.1, -0.05) is 54.2 Å². The fourth-order valence-electron chi connectivity index (χ4n) is 4.13. The largest absolute Gasteiger partial charge is 0.337 e. The molecule has 2 fully saturated rings. The van der Waals surface area contributed by atoms with Crippen LogP contribution in [-0.4, -0.2) is 33.7 Å². The van der Waals surface area contributed by atoms with Gasteiger partial charge in [-0.15, -0.1) is 0 Å². The predicted octanol–water partition coefficient (Wildman–Crippen LogP) is 4.61. The highest BCUT2D eigenvalue weighted by Gasteiger charge is 2.33. The Morgan fingerprint density at radius 1 is 1.07 bits per heavy atom. The molecule has 0 radical (unpaired) electrons. The molecule has 144 valence electrons. The van der Waals surface area contributed by atoms with Crippen LogP contribution in [0, 0.1) is 6.92 Å². The lowest BCUT2D eigenvalue weighted by Crippen LogP contribution is -2.48. The average molecular weight is 368 g/mol. The summed E-state index contributed by atoms with van der Waals surface area (Å²) >= 11 is 0. The van der Waals surface area contributed by atoms with Gasteiger partial charge in [0.15, 0.2) is 0 Å². The molecular weight excluding hydrogens is 340 g/mol. The number of aromatic nitrogens is 2. The number of benzene rings is 1. The number of carbonyl (C=O) groups excluding carboxylic acids is 1. The van der Waals surface area contributed by atoms with Crippen molar-refractivity contribution in [3.8, 4) is 11.4 Å². The van der Waals surface area contributed by atoms with Crippen molar-refractivity contribution in [1.29, 1.82) is 0 Å². The smallest absolute Gasteiger partial charge is 0.318 e. The molecule has 1 unspecified atom stereocenters. The van der Waals surface area contributed by atoms with Gasteiger partial charge in [0, 0.05) is 18.2 Å². The fraction of sp³-hybridized carbons (Fsp3) is 0.571. The third-order valence-electron chi connectivity index (χ3n) is 5.73. The molecule has 1 aromatic heterocycles. The molecule has 0 bridgehead atoms. The van der Waals surface area contributed by atoms with Crippen LogP contribution in [0.5, 0.6) is 0 Å². The molecule has 2 aliphatic rings. The third-order valence-corrected chi connectivity index (χ3v) is 5.73. The van der Waals surface area contributed by atoms with Crippen LogP contribution >= 0.6 is 0 Å². The lowest BCUT2D eigenvalue weighted by Gasteiger charge is -2.35. The van der Waals surface area contributed by atoms with Crippen LogP contribution < -0.4 is 5.32 Å². The molecule has 27 heavy (non-hydrogen) atoms. The number of nitrogens with zero attached hydrogens (tertiary/aromatic N) is 3. The van der Waals surface area contributed by atoms with Gasteiger partial charge >= 0.3 is 6.03 Å². The molecule has 6 heteroatoms. The Kier molecular flexibility index (Phi) is 5.41. The molecule has 1 atom stereocenters. The summed E-state index contributed by atoms with van der Waals surface area (Å²) in [6.07, 6.45) is 8.82. The number of urea groups is 1. The number of carbonyl (C=O) groups is 1. The third kappa shape index (κ3) is 4.15. The van der Waals surface area contributed by atoms with E-state index in [1.165, 1.54) is 24.8 Å². The highest BCUT2D eigenvalue weighted by molar-refractivity contribution is 5.75. The first-order chi connectivity index (χ1) is 13.2. The summed E-state index contributed by atoms with van der Waals surface area (Å²) < 4.78 is 5.58. The first-order valence-electron chi connectivity index (χ1n) is 10.2. The van der Waals surface area contributed by atoms with Crippen LogP contribution in [0.15, 0.2) is 28.8 Å². The summed E-state index contributed by atoms with van der Waals surface area (Å²) in [7, 11) is 0. The second-order valence-electron chi connectivity index (χ2n) is 7.81. The summed E-state index contributed by atoms with van der Waals surface area (Å²) in [5.41, 5.74) is 2.13. The van der Waals surface area contributed by atoms with E-state index in [-0.39, 0.29) is 12.1 Å². The highest BCUT2D eigenvalue weighted by Crippen LogP contribution is 2.31. The van der Waals surface area contributed by atoms with Gasteiger partial charge in [-0.3, -0.25) is 0 Å². The minimum atomic E-state index is -0.131. The van der Waals surface area contributed by atoms with Crippen LogP contribution in [0.2, 0.25) is 0 Å². The standard InChI is InChI=1S/C21H28N4O2/c1-15-10-12-16(13-11-15)19-23-20(27-24-19)18-9-5-6-14-25(18)21(26)22-17-7-3-2-4-8-17/h10-13,17-18H,2-9,14H2,1H3,(H,22,26). The highest BCUT2D eigenvalue weighted by atomic mass is 16.5. The molecule has 1 aliphatic heterocycles.